The van der Waals surface area contributed by atoms with E-state index in [1.807, 2.05) is 0 Å². The van der Waals surface area contributed by atoms with Gasteiger partial charge in [-0.3, -0.25) is 9.59 Å². The summed E-state index contributed by atoms with van der Waals surface area (Å²) >= 11 is 0. The van der Waals surface area contributed by atoms with E-state index in [0.29, 0.717) is 41.9 Å². The Balaban J connectivity index is 1.22. The molecule has 3 aliphatic heterocycles. The Morgan fingerprint density at radius 1 is 1.03 bits per heavy atom. The van der Waals surface area contributed by atoms with Crippen molar-refractivity contribution < 1.29 is 27.5 Å². The smallest absolute Gasteiger partial charge is 0.243 e. The number of piperidine rings is 1. The topological polar surface area (TPSA) is 105 Å². The highest BCUT2D eigenvalue weighted by atomic mass is 32.2. The van der Waals surface area contributed by atoms with Gasteiger partial charge in [-0.1, -0.05) is 6.92 Å². The highest BCUT2D eigenvalue weighted by Crippen LogP contribution is 2.37. The van der Waals surface area contributed by atoms with Crippen LogP contribution in [0.25, 0.3) is 0 Å². The van der Waals surface area contributed by atoms with Gasteiger partial charge in [0.25, 0.3) is 0 Å². The minimum absolute atomic E-state index is 0.0973. The van der Waals surface area contributed by atoms with Crippen molar-refractivity contribution in [2.24, 2.45) is 11.8 Å². The molecule has 180 valence electrons. The molecule has 0 bridgehead atoms. The molecule has 0 aliphatic carbocycles. The van der Waals surface area contributed by atoms with E-state index in [2.05, 4.69) is 12.2 Å². The fourth-order valence-corrected chi connectivity index (χ4v) is 5.98. The van der Waals surface area contributed by atoms with Crippen LogP contribution in [0.5, 0.6) is 11.5 Å². The van der Waals surface area contributed by atoms with Crippen molar-refractivity contribution in [1.82, 2.24) is 4.31 Å². The van der Waals surface area contributed by atoms with Crippen molar-refractivity contribution in [2.45, 2.75) is 31.1 Å². The first-order chi connectivity index (χ1) is 16.3. The van der Waals surface area contributed by atoms with Gasteiger partial charge in [0.05, 0.1) is 10.8 Å². The lowest BCUT2D eigenvalue weighted by Gasteiger charge is -2.29. The van der Waals surface area contributed by atoms with Gasteiger partial charge in [-0.2, -0.15) is 4.31 Å². The number of benzene rings is 2. The van der Waals surface area contributed by atoms with Crippen LogP contribution in [0.2, 0.25) is 0 Å². The SMILES string of the molecule is CC1CCN(S(=O)(=O)c2ccc(NC(=O)C3CC(=O)N(c4ccc5c(c4)OCO5)C3)cc2)CC1. The van der Waals surface area contributed by atoms with E-state index >= 15 is 0 Å². The van der Waals surface area contributed by atoms with Crippen LogP contribution in [0.15, 0.2) is 47.4 Å². The van der Waals surface area contributed by atoms with Crippen LogP contribution < -0.4 is 19.7 Å². The van der Waals surface area contributed by atoms with Gasteiger partial charge in [0.2, 0.25) is 28.6 Å². The molecule has 2 aromatic rings. The zero-order chi connectivity index (χ0) is 23.9. The third kappa shape index (κ3) is 4.35. The molecule has 34 heavy (non-hydrogen) atoms. The first-order valence-electron chi connectivity index (χ1n) is 11.4. The van der Waals surface area contributed by atoms with Crippen molar-refractivity contribution in [3.8, 4) is 11.5 Å². The summed E-state index contributed by atoms with van der Waals surface area (Å²) < 4.78 is 38.0. The van der Waals surface area contributed by atoms with Crippen molar-refractivity contribution in [3.05, 3.63) is 42.5 Å². The van der Waals surface area contributed by atoms with E-state index in [1.54, 1.807) is 35.2 Å². The van der Waals surface area contributed by atoms with Gasteiger partial charge in [-0.05, 0) is 55.2 Å². The molecule has 5 rings (SSSR count). The van der Waals surface area contributed by atoms with Gasteiger partial charge in [0.1, 0.15) is 0 Å². The van der Waals surface area contributed by atoms with Crippen molar-refractivity contribution >= 4 is 33.2 Å². The van der Waals surface area contributed by atoms with Gasteiger partial charge in [-0.25, -0.2) is 8.42 Å². The quantitative estimate of drug-likeness (QED) is 0.698. The van der Waals surface area contributed by atoms with Gasteiger partial charge in [0, 0.05) is 43.5 Å². The number of hydrogen-bond donors (Lipinski definition) is 1. The van der Waals surface area contributed by atoms with Crippen LogP contribution in [0, 0.1) is 11.8 Å². The number of anilines is 2. The second-order valence-corrected chi connectivity index (χ2v) is 11.0. The van der Waals surface area contributed by atoms with E-state index in [0.717, 1.165) is 12.8 Å². The van der Waals surface area contributed by atoms with E-state index in [-0.39, 0.29) is 36.5 Å². The zero-order valence-electron chi connectivity index (χ0n) is 18.9. The number of hydrogen-bond acceptors (Lipinski definition) is 6. The minimum Gasteiger partial charge on any atom is -0.454 e. The van der Waals surface area contributed by atoms with Crippen molar-refractivity contribution in [3.63, 3.8) is 0 Å². The average Bonchev–Trinajstić information content (AvgIpc) is 3.45. The van der Waals surface area contributed by atoms with Gasteiger partial charge in [0.15, 0.2) is 11.5 Å². The molecule has 2 fully saturated rings. The lowest BCUT2D eigenvalue weighted by molar-refractivity contribution is -0.122. The van der Waals surface area contributed by atoms with Crippen LogP contribution in [0.4, 0.5) is 11.4 Å². The van der Waals surface area contributed by atoms with Gasteiger partial charge >= 0.3 is 0 Å². The van der Waals surface area contributed by atoms with Crippen LogP contribution in [0.3, 0.4) is 0 Å². The second kappa shape index (κ2) is 8.92. The molecule has 3 heterocycles. The molecule has 1 N–H and O–H groups in total. The molecule has 0 saturated carbocycles. The Bertz CT molecular complexity index is 1210. The van der Waals surface area contributed by atoms with Crippen LogP contribution in [-0.4, -0.2) is 51.0 Å². The summed E-state index contributed by atoms with van der Waals surface area (Å²) in [7, 11) is -3.55. The molecular formula is C24H27N3O6S. The number of nitrogens with zero attached hydrogens (tertiary/aromatic N) is 2. The van der Waals surface area contributed by atoms with E-state index in [1.165, 1.54) is 16.4 Å². The summed E-state index contributed by atoms with van der Waals surface area (Å²) in [6.45, 7) is 3.59. The Hall–Kier alpha value is -3.11. The zero-order valence-corrected chi connectivity index (χ0v) is 19.7. The maximum absolute atomic E-state index is 12.9. The summed E-state index contributed by atoms with van der Waals surface area (Å²) in [5.41, 5.74) is 1.15. The van der Waals surface area contributed by atoms with E-state index < -0.39 is 15.9 Å². The maximum atomic E-state index is 12.9. The summed E-state index contributed by atoms with van der Waals surface area (Å²) in [6, 6.07) is 11.5. The van der Waals surface area contributed by atoms with E-state index in [9.17, 15) is 18.0 Å². The summed E-state index contributed by atoms with van der Waals surface area (Å²) in [4.78, 5) is 27.2. The monoisotopic (exact) mass is 485 g/mol. The number of ether oxygens (including phenoxy) is 2. The van der Waals surface area contributed by atoms with Gasteiger partial charge < -0.3 is 19.7 Å². The Labute approximate surface area is 198 Å². The fourth-order valence-electron chi connectivity index (χ4n) is 4.51. The van der Waals surface area contributed by atoms with Crippen LogP contribution >= 0.6 is 0 Å². The first-order valence-corrected chi connectivity index (χ1v) is 12.9. The van der Waals surface area contributed by atoms with Crippen LogP contribution in [-0.2, 0) is 19.6 Å². The third-order valence-corrected chi connectivity index (χ3v) is 8.58. The number of nitrogens with one attached hydrogen (secondary N) is 1. The lowest BCUT2D eigenvalue weighted by atomic mass is 10.0. The Morgan fingerprint density at radius 3 is 2.47 bits per heavy atom. The Kier molecular flexibility index (Phi) is 5.95. The average molecular weight is 486 g/mol. The number of sulfonamides is 1. The number of carbonyl (C=O) groups is 2. The fraction of sp³-hybridized carbons (Fsp3) is 0.417. The molecule has 9 nitrogen and oxygen atoms in total. The minimum atomic E-state index is -3.55. The molecule has 0 spiro atoms. The van der Waals surface area contributed by atoms with Gasteiger partial charge in [-0.15, -0.1) is 0 Å². The third-order valence-electron chi connectivity index (χ3n) is 6.67. The molecule has 2 saturated heterocycles. The highest BCUT2D eigenvalue weighted by molar-refractivity contribution is 7.89. The molecule has 1 unspecified atom stereocenters. The molecule has 1 atom stereocenters. The predicted octanol–water partition coefficient (Wildman–Crippen LogP) is 2.83. The number of carbonyl (C=O) groups excluding carboxylic acids is 2. The predicted molar refractivity (Wildman–Crippen MR) is 125 cm³/mol. The molecule has 2 aromatic carbocycles. The van der Waals surface area contributed by atoms with E-state index in [4.69, 9.17) is 9.47 Å². The maximum Gasteiger partial charge on any atom is 0.243 e. The molecule has 10 heteroatoms. The Morgan fingerprint density at radius 2 is 1.74 bits per heavy atom. The largest absolute Gasteiger partial charge is 0.454 e. The highest BCUT2D eigenvalue weighted by Gasteiger charge is 2.36. The van der Waals surface area contributed by atoms with Crippen LogP contribution in [0.1, 0.15) is 26.2 Å². The number of rotatable bonds is 5. The summed E-state index contributed by atoms with van der Waals surface area (Å²) in [5.74, 6) is 0.801. The summed E-state index contributed by atoms with van der Waals surface area (Å²) in [5, 5.41) is 2.81. The molecule has 3 aliphatic rings. The summed E-state index contributed by atoms with van der Waals surface area (Å²) in [6.07, 6.45) is 1.81. The molecule has 0 aromatic heterocycles. The molecular weight excluding hydrogens is 458 g/mol. The second-order valence-electron chi connectivity index (χ2n) is 9.04. The van der Waals surface area contributed by atoms with Crippen molar-refractivity contribution in [2.75, 3.05) is 36.6 Å². The first kappa shape index (κ1) is 22.7. The number of amides is 2. The molecule has 0 radical (unpaired) electrons. The standard InChI is InChI=1S/C24H27N3O6S/c1-16-8-10-26(11-9-16)34(30,31)20-5-2-18(3-6-20)25-24(29)17-12-23(28)27(14-17)19-4-7-21-22(13-19)33-15-32-21/h2-7,13,16-17H,8-12,14-15H2,1H3,(H,25,29). The normalized spacial score (nSPS) is 21.1. The van der Waals surface area contributed by atoms with Crippen molar-refractivity contribution in [1.29, 1.82) is 0 Å². The number of fused-ring (bicyclic) bond motifs is 1. The molecule has 2 amide bonds. The lowest BCUT2D eigenvalue weighted by Crippen LogP contribution is -2.37.